The molecule has 2 heterocycles. The number of aromatic nitrogens is 2. The molecule has 2 fully saturated rings. The fraction of sp³-hybridized carbons (Fsp3) is 0.350. The fourth-order valence-electron chi connectivity index (χ4n) is 4.66. The van der Waals surface area contributed by atoms with Crippen LogP contribution in [0.1, 0.15) is 17.0 Å². The lowest BCUT2D eigenvalue weighted by molar-refractivity contribution is -0.138. The Morgan fingerprint density at radius 1 is 1.06 bits per heavy atom. The first-order chi connectivity index (χ1) is 14.7. The number of allylic oxidation sites excluding steroid dienone is 2. The summed E-state index contributed by atoms with van der Waals surface area (Å²) < 4.78 is 37.7. The van der Waals surface area contributed by atoms with Gasteiger partial charge >= 0.3 is 6.18 Å². The second-order valence-electron chi connectivity index (χ2n) is 7.81. The topological polar surface area (TPSA) is 92.3 Å². The van der Waals surface area contributed by atoms with E-state index >= 15 is 0 Å². The first-order valence-corrected chi connectivity index (χ1v) is 10.4. The lowest BCUT2D eigenvalue weighted by Crippen LogP contribution is -2.32. The van der Waals surface area contributed by atoms with Gasteiger partial charge in [0, 0.05) is 0 Å². The van der Waals surface area contributed by atoms with Crippen LogP contribution in [0.15, 0.2) is 36.4 Å². The van der Waals surface area contributed by atoms with E-state index in [1.165, 1.54) is 4.90 Å². The molecule has 1 saturated heterocycles. The van der Waals surface area contributed by atoms with Crippen molar-refractivity contribution in [2.45, 2.75) is 19.0 Å². The van der Waals surface area contributed by atoms with Crippen molar-refractivity contribution in [3.05, 3.63) is 47.0 Å². The number of halogens is 3. The van der Waals surface area contributed by atoms with Gasteiger partial charge in [0.2, 0.25) is 27.9 Å². The minimum Gasteiger partial charge on any atom is -0.300 e. The predicted octanol–water partition coefficient (Wildman–Crippen LogP) is 3.05. The molecule has 0 spiro atoms. The highest BCUT2D eigenvalue weighted by Crippen LogP contribution is 2.53. The summed E-state index contributed by atoms with van der Waals surface area (Å²) in [7, 11) is 0. The number of hydrogen-bond acceptors (Lipinski definition) is 6. The molecule has 160 valence electrons. The smallest absolute Gasteiger partial charge is 0.300 e. The summed E-state index contributed by atoms with van der Waals surface area (Å²) in [6.45, 7) is 0. The summed E-state index contributed by atoms with van der Waals surface area (Å²) in [5.74, 6) is -1.26. The van der Waals surface area contributed by atoms with Crippen LogP contribution in [0.25, 0.3) is 0 Å². The largest absolute Gasteiger partial charge is 0.445 e. The Labute approximate surface area is 177 Å². The molecule has 2 aromatic rings. The van der Waals surface area contributed by atoms with Gasteiger partial charge in [0.25, 0.3) is 0 Å². The van der Waals surface area contributed by atoms with Crippen LogP contribution in [-0.2, 0) is 27.0 Å². The van der Waals surface area contributed by atoms with Crippen molar-refractivity contribution in [1.29, 1.82) is 0 Å². The van der Waals surface area contributed by atoms with Crippen molar-refractivity contribution >= 4 is 39.9 Å². The first kappa shape index (κ1) is 19.9. The summed E-state index contributed by atoms with van der Waals surface area (Å²) in [6.07, 6.45) is 0.181. The van der Waals surface area contributed by atoms with Crippen molar-refractivity contribution in [1.82, 2.24) is 10.2 Å². The van der Waals surface area contributed by atoms with E-state index in [-0.39, 0.29) is 58.4 Å². The minimum atomic E-state index is -4.62. The average Bonchev–Trinajstić information content (AvgIpc) is 3.47. The van der Waals surface area contributed by atoms with Crippen molar-refractivity contribution in [2.24, 2.45) is 23.7 Å². The number of amides is 3. The Morgan fingerprint density at radius 2 is 1.68 bits per heavy atom. The van der Waals surface area contributed by atoms with Gasteiger partial charge in [-0.25, -0.2) is 0 Å². The van der Waals surface area contributed by atoms with E-state index in [9.17, 15) is 27.6 Å². The summed E-state index contributed by atoms with van der Waals surface area (Å²) >= 11 is 0.246. The molecule has 1 aromatic carbocycles. The maximum Gasteiger partial charge on any atom is 0.445 e. The normalized spacial score (nSPS) is 26.6. The molecule has 4 atom stereocenters. The van der Waals surface area contributed by atoms with Gasteiger partial charge in [-0.3, -0.25) is 19.3 Å². The van der Waals surface area contributed by atoms with Crippen LogP contribution in [0.5, 0.6) is 0 Å². The molecule has 11 heteroatoms. The van der Waals surface area contributed by atoms with Crippen LogP contribution in [0.3, 0.4) is 0 Å². The number of benzene rings is 1. The number of carbonyl (C=O) groups is 3. The Hall–Kier alpha value is -3.08. The zero-order valence-electron chi connectivity index (χ0n) is 15.8. The van der Waals surface area contributed by atoms with E-state index in [4.69, 9.17) is 0 Å². The van der Waals surface area contributed by atoms with E-state index in [0.717, 1.165) is 6.42 Å². The third-order valence-electron chi connectivity index (χ3n) is 5.94. The molecule has 1 aromatic heterocycles. The van der Waals surface area contributed by atoms with Crippen LogP contribution >= 0.6 is 11.3 Å². The van der Waals surface area contributed by atoms with Gasteiger partial charge in [0.05, 0.1) is 23.9 Å². The highest BCUT2D eigenvalue weighted by atomic mass is 32.1. The van der Waals surface area contributed by atoms with Crippen LogP contribution in [0.2, 0.25) is 0 Å². The van der Waals surface area contributed by atoms with Crippen LogP contribution in [-0.4, -0.2) is 27.9 Å². The lowest BCUT2D eigenvalue weighted by Gasteiger charge is -2.17. The molecule has 3 aliphatic rings. The zero-order chi connectivity index (χ0) is 21.9. The van der Waals surface area contributed by atoms with E-state index in [1.807, 2.05) is 12.2 Å². The number of nitrogens with zero attached hydrogens (tertiary/aromatic N) is 3. The quantitative estimate of drug-likeness (QED) is 0.573. The highest BCUT2D eigenvalue weighted by Gasteiger charge is 2.59. The van der Waals surface area contributed by atoms with Gasteiger partial charge in [0.1, 0.15) is 0 Å². The number of rotatable bonds is 4. The first-order valence-electron chi connectivity index (χ1n) is 9.58. The summed E-state index contributed by atoms with van der Waals surface area (Å²) in [5, 5.41) is 7.25. The summed E-state index contributed by atoms with van der Waals surface area (Å²) in [4.78, 5) is 39.0. The molecule has 31 heavy (non-hydrogen) atoms. The second kappa shape index (κ2) is 6.98. The molecule has 4 unspecified atom stereocenters. The molecule has 1 saturated carbocycles. The van der Waals surface area contributed by atoms with Crippen molar-refractivity contribution in [2.75, 3.05) is 10.2 Å². The number of fused-ring (bicyclic) bond motifs is 5. The summed E-state index contributed by atoms with van der Waals surface area (Å²) in [6, 6.07) is 6.42. The maximum atomic E-state index is 12.8. The minimum absolute atomic E-state index is 0.109. The van der Waals surface area contributed by atoms with Crippen LogP contribution < -0.4 is 10.2 Å². The Morgan fingerprint density at radius 3 is 2.23 bits per heavy atom. The van der Waals surface area contributed by atoms with Gasteiger partial charge in [-0.05, 0) is 36.0 Å². The molecule has 5 rings (SSSR count). The highest BCUT2D eigenvalue weighted by molar-refractivity contribution is 7.15. The SMILES string of the molecule is O=C(Cc1ccc(N2C(=O)C3C4C=CC(C4)C3C2=O)cc1)Nc1nnc(C(F)(F)F)s1. The lowest BCUT2D eigenvalue weighted by atomic mass is 9.85. The van der Waals surface area contributed by atoms with Gasteiger partial charge in [0.15, 0.2) is 0 Å². The Bertz CT molecular complexity index is 1080. The molecule has 7 nitrogen and oxygen atoms in total. The molecule has 2 bridgehead atoms. The number of carbonyl (C=O) groups excluding carboxylic acids is 3. The number of nitrogens with one attached hydrogen (secondary N) is 1. The van der Waals surface area contributed by atoms with Gasteiger partial charge < -0.3 is 5.32 Å². The molecular weight excluding hydrogens is 433 g/mol. The molecular formula is C20H15F3N4O3S. The van der Waals surface area contributed by atoms with Crippen LogP contribution in [0, 0.1) is 23.7 Å². The number of alkyl halides is 3. The standard InChI is InChI=1S/C20H15F3N4O3S/c21-20(22,23)18-25-26-19(31-18)24-13(28)7-9-1-5-12(6-2-9)27-16(29)14-10-3-4-11(8-10)15(14)17(27)30/h1-6,10-11,14-15H,7-8H2,(H,24,26,28). The maximum absolute atomic E-state index is 12.8. The van der Waals surface area contributed by atoms with E-state index < -0.39 is 17.1 Å². The van der Waals surface area contributed by atoms with Gasteiger partial charge in [-0.2, -0.15) is 13.2 Å². The van der Waals surface area contributed by atoms with Gasteiger partial charge in [-0.15, -0.1) is 10.2 Å². The molecule has 3 amide bonds. The molecule has 2 aliphatic carbocycles. The van der Waals surface area contributed by atoms with Crippen LogP contribution in [0.4, 0.5) is 24.0 Å². The Balaban J connectivity index is 1.25. The third kappa shape index (κ3) is 3.32. The van der Waals surface area contributed by atoms with E-state index in [2.05, 4.69) is 15.5 Å². The third-order valence-corrected chi connectivity index (χ3v) is 6.83. The average molecular weight is 448 g/mol. The number of anilines is 2. The predicted molar refractivity (Wildman–Crippen MR) is 104 cm³/mol. The van der Waals surface area contributed by atoms with Crippen molar-refractivity contribution in [3.8, 4) is 0 Å². The molecule has 0 radical (unpaired) electrons. The molecule has 1 aliphatic heterocycles. The fourth-order valence-corrected chi connectivity index (χ4v) is 5.28. The number of hydrogen-bond donors (Lipinski definition) is 1. The Kier molecular flexibility index (Phi) is 4.47. The van der Waals surface area contributed by atoms with E-state index in [0.29, 0.717) is 11.3 Å². The summed E-state index contributed by atoms with van der Waals surface area (Å²) in [5.41, 5.74) is 1.02. The number of imide groups is 1. The zero-order valence-corrected chi connectivity index (χ0v) is 16.6. The van der Waals surface area contributed by atoms with Crippen molar-refractivity contribution in [3.63, 3.8) is 0 Å². The van der Waals surface area contributed by atoms with E-state index in [1.54, 1.807) is 24.3 Å². The monoisotopic (exact) mass is 448 g/mol. The second-order valence-corrected chi connectivity index (χ2v) is 8.79. The van der Waals surface area contributed by atoms with Crippen molar-refractivity contribution < 1.29 is 27.6 Å². The van der Waals surface area contributed by atoms with Gasteiger partial charge in [-0.1, -0.05) is 35.6 Å². The molecule has 1 N–H and O–H groups in total.